The van der Waals surface area contributed by atoms with Crippen LogP contribution in [-0.4, -0.2) is 25.6 Å². The molecule has 0 radical (unpaired) electrons. The van der Waals surface area contributed by atoms with E-state index >= 15 is 0 Å². The third-order valence-corrected chi connectivity index (χ3v) is 3.68. The molecule has 0 amide bonds. The van der Waals surface area contributed by atoms with E-state index in [2.05, 4.69) is 9.97 Å². The third kappa shape index (κ3) is 2.19. The lowest BCUT2D eigenvalue weighted by molar-refractivity contribution is 0.0696. The fourth-order valence-electron chi connectivity index (χ4n) is 1.82. The minimum Gasteiger partial charge on any atom is -0.478 e. The number of pyridine rings is 1. The number of carboxylic acid groups (broad SMARTS) is 1. The number of carbonyl (C=O) groups is 1. The molecule has 3 heterocycles. The summed E-state index contributed by atoms with van der Waals surface area (Å²) in [6.07, 6.45) is 2.76. The van der Waals surface area contributed by atoms with Gasteiger partial charge in [0, 0.05) is 6.20 Å². The molecule has 0 aliphatic rings. The quantitative estimate of drug-likeness (QED) is 0.791. The monoisotopic (exact) mass is 287 g/mol. The Balaban J connectivity index is 1.94. The van der Waals surface area contributed by atoms with Crippen molar-refractivity contribution in [2.45, 2.75) is 6.54 Å². The predicted octanol–water partition coefficient (Wildman–Crippen LogP) is 1.60. The van der Waals surface area contributed by atoms with Gasteiger partial charge in [0.25, 0.3) is 5.56 Å². The molecule has 0 atom stereocenters. The summed E-state index contributed by atoms with van der Waals surface area (Å²) in [6, 6.07) is 4.80. The fourth-order valence-corrected chi connectivity index (χ4v) is 2.55. The zero-order valence-corrected chi connectivity index (χ0v) is 11.0. The first-order valence-corrected chi connectivity index (χ1v) is 6.64. The Bertz CT molecular complexity index is 836. The lowest BCUT2D eigenvalue weighted by Gasteiger charge is -2.04. The molecule has 0 aliphatic heterocycles. The van der Waals surface area contributed by atoms with Crippen molar-refractivity contribution in [2.75, 3.05) is 0 Å². The second kappa shape index (κ2) is 4.86. The Morgan fingerprint density at radius 3 is 2.85 bits per heavy atom. The summed E-state index contributed by atoms with van der Waals surface area (Å²) in [4.78, 5) is 31.9. The molecule has 0 aliphatic carbocycles. The zero-order valence-electron chi connectivity index (χ0n) is 10.2. The van der Waals surface area contributed by atoms with Crippen molar-refractivity contribution in [3.8, 4) is 0 Å². The van der Waals surface area contributed by atoms with Gasteiger partial charge >= 0.3 is 5.97 Å². The van der Waals surface area contributed by atoms with Crippen molar-refractivity contribution >= 4 is 27.5 Å². The minimum atomic E-state index is -1.03. The van der Waals surface area contributed by atoms with Gasteiger partial charge < -0.3 is 5.11 Å². The lowest BCUT2D eigenvalue weighted by atomic mass is 10.2. The normalized spacial score (nSPS) is 10.8. The van der Waals surface area contributed by atoms with Gasteiger partial charge in [0.2, 0.25) is 0 Å². The first-order chi connectivity index (χ1) is 9.65. The van der Waals surface area contributed by atoms with Crippen molar-refractivity contribution in [1.82, 2.24) is 14.5 Å². The number of fused-ring (bicyclic) bond motifs is 1. The Hall–Kier alpha value is -2.54. The zero-order chi connectivity index (χ0) is 14.1. The van der Waals surface area contributed by atoms with Crippen LogP contribution in [0.1, 0.15) is 16.1 Å². The van der Waals surface area contributed by atoms with Gasteiger partial charge in [-0.3, -0.25) is 14.3 Å². The van der Waals surface area contributed by atoms with E-state index in [1.807, 2.05) is 5.38 Å². The second-order valence-electron chi connectivity index (χ2n) is 4.16. The maximum atomic E-state index is 12.2. The number of thiophene rings is 1. The van der Waals surface area contributed by atoms with Crippen molar-refractivity contribution in [1.29, 1.82) is 0 Å². The van der Waals surface area contributed by atoms with Crippen LogP contribution in [0.4, 0.5) is 0 Å². The molecule has 0 spiro atoms. The molecule has 3 aromatic heterocycles. The van der Waals surface area contributed by atoms with Crippen molar-refractivity contribution in [3.63, 3.8) is 0 Å². The van der Waals surface area contributed by atoms with Crippen LogP contribution in [0.2, 0.25) is 0 Å². The smallest absolute Gasteiger partial charge is 0.337 e. The molecule has 0 bridgehead atoms. The molecule has 3 rings (SSSR count). The van der Waals surface area contributed by atoms with Gasteiger partial charge in [-0.25, -0.2) is 9.78 Å². The van der Waals surface area contributed by atoms with E-state index in [1.165, 1.54) is 34.5 Å². The molecule has 0 unspecified atom stereocenters. The summed E-state index contributed by atoms with van der Waals surface area (Å²) < 4.78 is 1.46. The maximum absolute atomic E-state index is 12.2. The number of carboxylic acids is 1. The number of rotatable bonds is 3. The van der Waals surface area contributed by atoms with E-state index in [0.29, 0.717) is 15.9 Å². The average molecular weight is 287 g/mol. The molecule has 0 aromatic carbocycles. The number of aromatic nitrogens is 3. The Morgan fingerprint density at radius 1 is 1.30 bits per heavy atom. The summed E-state index contributed by atoms with van der Waals surface area (Å²) in [5, 5.41) is 11.2. The van der Waals surface area contributed by atoms with Crippen LogP contribution in [0.5, 0.6) is 0 Å². The highest BCUT2D eigenvalue weighted by molar-refractivity contribution is 7.16. The molecule has 100 valence electrons. The molecular formula is C13H9N3O3S. The van der Waals surface area contributed by atoms with E-state index < -0.39 is 5.97 Å². The van der Waals surface area contributed by atoms with Crippen LogP contribution in [0.25, 0.3) is 10.2 Å². The number of aromatic carboxylic acids is 1. The number of hydrogen-bond acceptors (Lipinski definition) is 5. The third-order valence-electron chi connectivity index (χ3n) is 2.85. The van der Waals surface area contributed by atoms with Crippen LogP contribution < -0.4 is 5.56 Å². The Labute approximate surface area is 117 Å². The van der Waals surface area contributed by atoms with Crippen LogP contribution in [-0.2, 0) is 6.54 Å². The molecule has 7 heteroatoms. The van der Waals surface area contributed by atoms with E-state index in [1.54, 1.807) is 12.1 Å². The maximum Gasteiger partial charge on any atom is 0.337 e. The second-order valence-corrected chi connectivity index (χ2v) is 5.05. The highest BCUT2D eigenvalue weighted by atomic mass is 32.1. The van der Waals surface area contributed by atoms with Crippen LogP contribution in [0.3, 0.4) is 0 Å². The standard InChI is InChI=1S/C13H9N3O3S/c17-12-10-3-4-20-11(10)15-7-16(12)6-9-2-1-8(5-14-9)13(18)19/h1-5,7H,6H2,(H,18,19). The van der Waals surface area contributed by atoms with Crippen LogP contribution in [0, 0.1) is 0 Å². The molecule has 3 aromatic rings. The van der Waals surface area contributed by atoms with E-state index in [9.17, 15) is 9.59 Å². The molecule has 1 N–H and O–H groups in total. The van der Waals surface area contributed by atoms with Gasteiger partial charge in [0.05, 0.1) is 29.5 Å². The number of nitrogens with zero attached hydrogens (tertiary/aromatic N) is 3. The Morgan fingerprint density at radius 2 is 2.15 bits per heavy atom. The van der Waals surface area contributed by atoms with Crippen LogP contribution >= 0.6 is 11.3 Å². The average Bonchev–Trinajstić information content (AvgIpc) is 2.92. The van der Waals surface area contributed by atoms with Gasteiger partial charge in [0.1, 0.15) is 4.83 Å². The van der Waals surface area contributed by atoms with Gasteiger partial charge in [-0.15, -0.1) is 11.3 Å². The molecule has 6 nitrogen and oxygen atoms in total. The van der Waals surface area contributed by atoms with Crippen molar-refractivity contribution in [2.24, 2.45) is 0 Å². The van der Waals surface area contributed by atoms with E-state index in [4.69, 9.17) is 5.11 Å². The number of hydrogen-bond donors (Lipinski definition) is 1. The minimum absolute atomic E-state index is 0.118. The summed E-state index contributed by atoms with van der Waals surface area (Å²) >= 11 is 1.42. The summed E-state index contributed by atoms with van der Waals surface area (Å²) in [6.45, 7) is 0.261. The first kappa shape index (κ1) is 12.5. The van der Waals surface area contributed by atoms with Gasteiger partial charge in [-0.1, -0.05) is 0 Å². The lowest BCUT2D eigenvalue weighted by Crippen LogP contribution is -2.21. The molecule has 0 saturated carbocycles. The van der Waals surface area contributed by atoms with E-state index in [0.717, 1.165) is 0 Å². The topological polar surface area (TPSA) is 85.1 Å². The van der Waals surface area contributed by atoms with Gasteiger partial charge in [-0.2, -0.15) is 0 Å². The summed E-state index contributed by atoms with van der Waals surface area (Å²) in [7, 11) is 0. The Kier molecular flexibility index (Phi) is 3.03. The van der Waals surface area contributed by atoms with Gasteiger partial charge in [0.15, 0.2) is 0 Å². The van der Waals surface area contributed by atoms with Gasteiger partial charge in [-0.05, 0) is 23.6 Å². The highest BCUT2D eigenvalue weighted by Gasteiger charge is 2.07. The van der Waals surface area contributed by atoms with Crippen molar-refractivity contribution in [3.05, 3.63) is 57.7 Å². The van der Waals surface area contributed by atoms with E-state index in [-0.39, 0.29) is 17.7 Å². The highest BCUT2D eigenvalue weighted by Crippen LogP contribution is 2.13. The summed E-state index contributed by atoms with van der Waals surface area (Å²) in [5.41, 5.74) is 0.598. The largest absolute Gasteiger partial charge is 0.478 e. The molecular weight excluding hydrogens is 278 g/mol. The first-order valence-electron chi connectivity index (χ1n) is 5.76. The SMILES string of the molecule is O=C(O)c1ccc(Cn2cnc3sccc3c2=O)nc1. The molecule has 0 fully saturated rings. The summed E-state index contributed by atoms with van der Waals surface area (Å²) in [5.74, 6) is -1.03. The molecule has 0 saturated heterocycles. The van der Waals surface area contributed by atoms with Crippen molar-refractivity contribution < 1.29 is 9.90 Å². The van der Waals surface area contributed by atoms with Crippen LogP contribution in [0.15, 0.2) is 40.9 Å². The molecule has 20 heavy (non-hydrogen) atoms. The predicted molar refractivity (Wildman–Crippen MR) is 74.2 cm³/mol. The fraction of sp³-hybridized carbons (Fsp3) is 0.0769.